The molecule has 0 aliphatic heterocycles. The van der Waals surface area contributed by atoms with Crippen LogP contribution in [0.15, 0.2) is 36.4 Å². The first-order chi connectivity index (χ1) is 10.2. The van der Waals surface area contributed by atoms with Crippen molar-refractivity contribution < 1.29 is 9.13 Å². The minimum atomic E-state index is -0.430. The molecule has 0 radical (unpaired) electrons. The topological polar surface area (TPSA) is 27.1 Å². The number of alkyl halides is 1. The highest BCUT2D eigenvalue weighted by Crippen LogP contribution is 2.29. The van der Waals surface area contributed by atoms with Crippen molar-refractivity contribution in [3.63, 3.8) is 0 Å². The summed E-state index contributed by atoms with van der Waals surface area (Å²) in [6.45, 7) is 2.01. The van der Waals surface area contributed by atoms with Crippen molar-refractivity contribution in [1.82, 2.24) is 9.55 Å². The van der Waals surface area contributed by atoms with Crippen LogP contribution in [0.1, 0.15) is 11.4 Å². The molecule has 0 atom stereocenters. The average molecular weight is 305 g/mol. The van der Waals surface area contributed by atoms with E-state index in [0.717, 1.165) is 16.8 Å². The van der Waals surface area contributed by atoms with E-state index in [4.69, 9.17) is 16.3 Å². The number of aryl methyl sites for hydroxylation is 1. The Hall–Kier alpha value is -2.07. The first-order valence-corrected chi connectivity index (χ1v) is 7.06. The summed E-state index contributed by atoms with van der Waals surface area (Å²) in [5, 5.41) is 0. The van der Waals surface area contributed by atoms with Crippen LogP contribution in [-0.4, -0.2) is 16.7 Å². The number of aromatic nitrogens is 2. The summed E-state index contributed by atoms with van der Waals surface area (Å²) in [5.74, 6) is 0.681. The van der Waals surface area contributed by atoms with E-state index in [1.165, 1.54) is 13.2 Å². The van der Waals surface area contributed by atoms with E-state index in [1.54, 1.807) is 6.07 Å². The van der Waals surface area contributed by atoms with Crippen molar-refractivity contribution >= 4 is 22.6 Å². The molecule has 0 aliphatic carbocycles. The van der Waals surface area contributed by atoms with Gasteiger partial charge in [-0.2, -0.15) is 0 Å². The van der Waals surface area contributed by atoms with Crippen LogP contribution in [0.3, 0.4) is 0 Å². The van der Waals surface area contributed by atoms with Gasteiger partial charge in [-0.3, -0.25) is 4.57 Å². The number of rotatable bonds is 3. The van der Waals surface area contributed by atoms with Crippen molar-refractivity contribution in [3.05, 3.63) is 53.6 Å². The maximum atomic E-state index is 13.8. The van der Waals surface area contributed by atoms with Gasteiger partial charge in [-0.15, -0.1) is 11.6 Å². The zero-order chi connectivity index (χ0) is 15.0. The summed E-state index contributed by atoms with van der Waals surface area (Å²) in [5.41, 5.74) is 3.40. The molecule has 0 amide bonds. The van der Waals surface area contributed by atoms with Gasteiger partial charge in [-0.25, -0.2) is 9.37 Å². The predicted octanol–water partition coefficient (Wildman–Crippen LogP) is 4.22. The van der Waals surface area contributed by atoms with Gasteiger partial charge in [0, 0.05) is 12.1 Å². The van der Waals surface area contributed by atoms with Gasteiger partial charge in [0.05, 0.1) is 29.7 Å². The maximum absolute atomic E-state index is 13.8. The second kappa shape index (κ2) is 5.37. The maximum Gasteiger partial charge on any atom is 0.167 e. The molecule has 3 nitrogen and oxygen atoms in total. The van der Waals surface area contributed by atoms with Gasteiger partial charge in [-0.05, 0) is 18.6 Å². The zero-order valence-corrected chi connectivity index (χ0v) is 12.5. The Labute approximate surface area is 126 Å². The van der Waals surface area contributed by atoms with Crippen molar-refractivity contribution in [2.24, 2.45) is 0 Å². The van der Waals surface area contributed by atoms with E-state index in [1.807, 2.05) is 35.8 Å². The molecular formula is C16H14ClFN2O. The molecular weight excluding hydrogens is 291 g/mol. The molecule has 3 aromatic rings. The normalized spacial score (nSPS) is 11.0. The number of fused-ring (bicyclic) bond motifs is 1. The first-order valence-electron chi connectivity index (χ1n) is 6.52. The summed E-state index contributed by atoms with van der Waals surface area (Å²) >= 11 is 6.01. The summed E-state index contributed by atoms with van der Waals surface area (Å²) in [7, 11) is 1.45. The van der Waals surface area contributed by atoms with Gasteiger partial charge >= 0.3 is 0 Å². The fourth-order valence-corrected chi connectivity index (χ4v) is 2.64. The number of hydrogen-bond acceptors (Lipinski definition) is 2. The highest BCUT2D eigenvalue weighted by molar-refractivity contribution is 6.17. The Morgan fingerprint density at radius 3 is 2.71 bits per heavy atom. The molecule has 0 unspecified atom stereocenters. The van der Waals surface area contributed by atoms with Crippen molar-refractivity contribution in [2.45, 2.75) is 12.8 Å². The third kappa shape index (κ3) is 2.25. The van der Waals surface area contributed by atoms with E-state index in [0.29, 0.717) is 11.3 Å². The van der Waals surface area contributed by atoms with E-state index in [9.17, 15) is 4.39 Å². The van der Waals surface area contributed by atoms with Crippen LogP contribution in [0.4, 0.5) is 4.39 Å². The lowest BCUT2D eigenvalue weighted by Gasteiger charge is -2.11. The number of ether oxygens (including phenoxy) is 1. The van der Waals surface area contributed by atoms with Crippen LogP contribution in [0, 0.1) is 12.7 Å². The average Bonchev–Trinajstić information content (AvgIpc) is 2.84. The Morgan fingerprint density at radius 2 is 2.05 bits per heavy atom. The predicted molar refractivity (Wildman–Crippen MR) is 81.9 cm³/mol. The van der Waals surface area contributed by atoms with Gasteiger partial charge in [0.1, 0.15) is 5.82 Å². The molecule has 0 N–H and O–H groups in total. The number of halogens is 2. The summed E-state index contributed by atoms with van der Waals surface area (Å²) in [6.07, 6.45) is 0. The number of benzene rings is 2. The van der Waals surface area contributed by atoms with E-state index in [-0.39, 0.29) is 11.6 Å². The smallest absolute Gasteiger partial charge is 0.167 e. The van der Waals surface area contributed by atoms with Crippen molar-refractivity contribution in [1.29, 1.82) is 0 Å². The van der Waals surface area contributed by atoms with Crippen molar-refractivity contribution in [3.8, 4) is 11.4 Å². The van der Waals surface area contributed by atoms with Gasteiger partial charge in [0.15, 0.2) is 11.6 Å². The number of methoxy groups -OCH3 is 1. The van der Waals surface area contributed by atoms with E-state index in [2.05, 4.69) is 4.98 Å². The molecule has 0 saturated carbocycles. The minimum Gasteiger partial charge on any atom is -0.494 e. The van der Waals surface area contributed by atoms with Gasteiger partial charge in [0.25, 0.3) is 0 Å². The molecule has 0 fully saturated rings. The lowest BCUT2D eigenvalue weighted by Crippen LogP contribution is -2.01. The molecule has 1 heterocycles. The lowest BCUT2D eigenvalue weighted by molar-refractivity contribution is 0.387. The second-order valence-electron chi connectivity index (χ2n) is 4.76. The van der Waals surface area contributed by atoms with E-state index >= 15 is 0 Å². The molecule has 0 saturated heterocycles. The fraction of sp³-hybridized carbons (Fsp3) is 0.188. The number of imidazole rings is 1. The molecule has 0 aliphatic rings. The Bertz CT molecular complexity index is 813. The van der Waals surface area contributed by atoms with Crippen LogP contribution in [-0.2, 0) is 5.88 Å². The second-order valence-corrected chi connectivity index (χ2v) is 5.03. The minimum absolute atomic E-state index is 0.193. The van der Waals surface area contributed by atoms with Crippen molar-refractivity contribution in [2.75, 3.05) is 7.11 Å². The molecule has 108 valence electrons. The summed E-state index contributed by atoms with van der Waals surface area (Å²) in [6, 6.07) is 11.0. The zero-order valence-electron chi connectivity index (χ0n) is 11.7. The third-order valence-electron chi connectivity index (χ3n) is 3.47. The number of nitrogens with zero attached hydrogens (tertiary/aromatic N) is 2. The fourth-order valence-electron chi connectivity index (χ4n) is 2.46. The molecule has 5 heteroatoms. The molecule has 2 aromatic carbocycles. The van der Waals surface area contributed by atoms with Gasteiger partial charge in [-0.1, -0.05) is 18.2 Å². The highest BCUT2D eigenvalue weighted by atomic mass is 35.5. The highest BCUT2D eigenvalue weighted by Gasteiger charge is 2.16. The summed E-state index contributed by atoms with van der Waals surface area (Å²) < 4.78 is 20.9. The Morgan fingerprint density at radius 1 is 1.29 bits per heavy atom. The first kappa shape index (κ1) is 13.9. The number of hydrogen-bond donors (Lipinski definition) is 0. The van der Waals surface area contributed by atoms with Gasteiger partial charge < -0.3 is 4.74 Å². The SMILES string of the molecule is COc1cc2c(cc1F)nc(CCl)n2-c1ccccc1C. The Kier molecular flexibility index (Phi) is 3.55. The standard InChI is InChI=1S/C16H14ClFN2O/c1-10-5-3-4-6-13(10)20-14-8-15(21-2)11(18)7-12(14)19-16(20)9-17/h3-8H,9H2,1-2H3. The molecule has 21 heavy (non-hydrogen) atoms. The van der Waals surface area contributed by atoms with Crippen LogP contribution < -0.4 is 4.74 Å². The number of para-hydroxylation sites is 1. The molecule has 0 spiro atoms. The monoisotopic (exact) mass is 304 g/mol. The molecule has 1 aromatic heterocycles. The largest absolute Gasteiger partial charge is 0.494 e. The van der Waals surface area contributed by atoms with Crippen LogP contribution in [0.25, 0.3) is 16.7 Å². The van der Waals surface area contributed by atoms with Crippen LogP contribution in [0.5, 0.6) is 5.75 Å². The third-order valence-corrected chi connectivity index (χ3v) is 3.71. The quantitative estimate of drug-likeness (QED) is 0.677. The van der Waals surface area contributed by atoms with Crippen LogP contribution >= 0.6 is 11.6 Å². The molecule has 3 rings (SSSR count). The lowest BCUT2D eigenvalue weighted by atomic mass is 10.2. The van der Waals surface area contributed by atoms with E-state index < -0.39 is 5.82 Å². The molecule has 0 bridgehead atoms. The van der Waals surface area contributed by atoms with Gasteiger partial charge in [0.2, 0.25) is 0 Å². The Balaban J connectivity index is 2.37. The summed E-state index contributed by atoms with van der Waals surface area (Å²) in [4.78, 5) is 4.42. The van der Waals surface area contributed by atoms with Crippen LogP contribution in [0.2, 0.25) is 0 Å².